The predicted molar refractivity (Wildman–Crippen MR) is 93.1 cm³/mol. The molecule has 0 N–H and O–H groups in total. The van der Waals surface area contributed by atoms with E-state index in [2.05, 4.69) is 14.6 Å². The smallest absolute Gasteiger partial charge is 0.275 e. The Hall–Kier alpha value is -3.03. The monoisotopic (exact) mass is 367 g/mol. The Balaban J connectivity index is 1.50. The number of aromatic nitrogens is 4. The van der Waals surface area contributed by atoms with Crippen LogP contribution in [-0.4, -0.2) is 37.1 Å². The molecule has 4 heterocycles. The summed E-state index contributed by atoms with van der Waals surface area (Å²) in [4.78, 5) is 22.6. The molecule has 1 fully saturated rings. The third kappa shape index (κ3) is 2.90. The second kappa shape index (κ2) is 6.29. The molecule has 138 valence electrons. The maximum absolute atomic E-state index is 14.0. The average molecular weight is 367 g/mol. The number of hydrogen-bond acceptors (Lipinski definition) is 5. The van der Waals surface area contributed by atoms with Gasteiger partial charge in [-0.25, -0.2) is 14.4 Å². The van der Waals surface area contributed by atoms with Gasteiger partial charge in [-0.15, -0.1) is 0 Å². The molecule has 0 saturated heterocycles. The van der Waals surface area contributed by atoms with E-state index in [1.165, 1.54) is 37.6 Å². The highest BCUT2D eigenvalue weighted by molar-refractivity contribution is 5.92. The number of hydrogen-bond donors (Lipinski definition) is 0. The van der Waals surface area contributed by atoms with Crippen LogP contribution in [0.1, 0.15) is 34.6 Å². The van der Waals surface area contributed by atoms with Crippen LogP contribution >= 0.6 is 0 Å². The molecule has 27 heavy (non-hydrogen) atoms. The van der Waals surface area contributed by atoms with Gasteiger partial charge in [0.15, 0.2) is 17.9 Å². The fourth-order valence-electron chi connectivity index (χ4n) is 3.59. The van der Waals surface area contributed by atoms with Crippen molar-refractivity contribution in [2.75, 3.05) is 6.54 Å². The summed E-state index contributed by atoms with van der Waals surface area (Å²) in [6.07, 6.45) is 7.50. The molecule has 0 spiro atoms. The lowest BCUT2D eigenvalue weighted by Gasteiger charge is -2.27. The lowest BCUT2D eigenvalue weighted by Crippen LogP contribution is -2.37. The van der Waals surface area contributed by atoms with Gasteiger partial charge in [0.1, 0.15) is 17.7 Å². The number of halogens is 1. The minimum absolute atomic E-state index is 0.144. The average Bonchev–Trinajstić information content (AvgIpc) is 3.20. The third-order valence-corrected chi connectivity index (χ3v) is 5.19. The number of oxazole rings is 1. The summed E-state index contributed by atoms with van der Waals surface area (Å²) in [5, 5.41) is 4.77. The first-order valence-corrected chi connectivity index (χ1v) is 9.07. The minimum atomic E-state index is -0.602. The fourth-order valence-corrected chi connectivity index (χ4v) is 3.59. The number of fused-ring (bicyclic) bond motifs is 1. The maximum Gasteiger partial charge on any atom is 0.275 e. The van der Waals surface area contributed by atoms with Crippen molar-refractivity contribution in [3.05, 3.63) is 53.8 Å². The molecule has 0 aromatic carbocycles. The van der Waals surface area contributed by atoms with Crippen LogP contribution in [-0.2, 0) is 19.5 Å². The molecule has 5 rings (SSSR count). The molecular formula is C19H18FN5O2. The van der Waals surface area contributed by atoms with Gasteiger partial charge in [-0.05, 0) is 30.9 Å². The van der Waals surface area contributed by atoms with E-state index in [1.807, 2.05) is 0 Å². The zero-order valence-corrected chi connectivity index (χ0v) is 14.6. The number of rotatable bonds is 4. The molecule has 1 saturated carbocycles. The molecule has 1 aliphatic carbocycles. The number of amides is 1. The lowest BCUT2D eigenvalue weighted by molar-refractivity contribution is 0.0722. The van der Waals surface area contributed by atoms with E-state index >= 15 is 0 Å². The first kappa shape index (κ1) is 16.2. The number of nitrogens with zero attached hydrogens (tertiary/aromatic N) is 5. The van der Waals surface area contributed by atoms with Crippen LogP contribution in [0.5, 0.6) is 0 Å². The van der Waals surface area contributed by atoms with Gasteiger partial charge in [-0.3, -0.25) is 9.48 Å². The summed E-state index contributed by atoms with van der Waals surface area (Å²) < 4.78 is 21.2. The molecular weight excluding hydrogens is 349 g/mol. The van der Waals surface area contributed by atoms with Gasteiger partial charge in [-0.2, -0.15) is 5.10 Å². The van der Waals surface area contributed by atoms with E-state index in [4.69, 9.17) is 9.52 Å². The molecule has 7 nitrogen and oxygen atoms in total. The predicted octanol–water partition coefficient (Wildman–Crippen LogP) is 2.68. The Labute approximate surface area is 154 Å². The molecule has 1 amide bonds. The quantitative estimate of drug-likeness (QED) is 0.709. The van der Waals surface area contributed by atoms with Gasteiger partial charge >= 0.3 is 0 Å². The molecule has 0 atom stereocenters. The normalized spacial score (nSPS) is 16.4. The summed E-state index contributed by atoms with van der Waals surface area (Å²) >= 11 is 0. The summed E-state index contributed by atoms with van der Waals surface area (Å²) in [7, 11) is 0. The standard InChI is InChI=1S/C19H18FN5O2/c20-14-2-1-6-21-18(14)19(26)24-7-5-16-13(9-24)17(15-10-27-11-22-15)23-25(16)8-12-3-4-12/h1-2,6,10-12H,3-5,7-9H2. The van der Waals surface area contributed by atoms with E-state index in [1.54, 1.807) is 11.2 Å². The number of pyridine rings is 1. The van der Waals surface area contributed by atoms with Crippen molar-refractivity contribution in [1.29, 1.82) is 0 Å². The topological polar surface area (TPSA) is 77.1 Å². The number of carbonyl (C=O) groups excluding carboxylic acids is 1. The first-order chi connectivity index (χ1) is 13.2. The van der Waals surface area contributed by atoms with Crippen LogP contribution in [0.3, 0.4) is 0 Å². The van der Waals surface area contributed by atoms with E-state index in [0.717, 1.165) is 23.5 Å². The first-order valence-electron chi connectivity index (χ1n) is 9.07. The summed E-state index contributed by atoms with van der Waals surface area (Å²) in [5.41, 5.74) is 3.33. The molecule has 3 aromatic heterocycles. The highest BCUT2D eigenvalue weighted by Crippen LogP contribution is 2.34. The van der Waals surface area contributed by atoms with Gasteiger partial charge in [0, 0.05) is 37.0 Å². The molecule has 0 radical (unpaired) electrons. The van der Waals surface area contributed by atoms with Gasteiger partial charge in [-0.1, -0.05) is 0 Å². The van der Waals surface area contributed by atoms with Gasteiger partial charge in [0.2, 0.25) is 0 Å². The van der Waals surface area contributed by atoms with Crippen molar-refractivity contribution in [3.8, 4) is 11.4 Å². The molecule has 1 aliphatic heterocycles. The van der Waals surface area contributed by atoms with Gasteiger partial charge in [0.05, 0.1) is 6.54 Å². The lowest BCUT2D eigenvalue weighted by atomic mass is 10.0. The van der Waals surface area contributed by atoms with Crippen LogP contribution in [0.4, 0.5) is 4.39 Å². The largest absolute Gasteiger partial charge is 0.451 e. The van der Waals surface area contributed by atoms with Crippen molar-refractivity contribution >= 4 is 5.91 Å². The minimum Gasteiger partial charge on any atom is -0.451 e. The van der Waals surface area contributed by atoms with Crippen molar-refractivity contribution in [3.63, 3.8) is 0 Å². The SMILES string of the molecule is O=C(c1ncccc1F)N1CCc2c(c(-c3cocn3)nn2CC2CC2)C1. The van der Waals surface area contributed by atoms with Crippen LogP contribution in [0, 0.1) is 11.7 Å². The van der Waals surface area contributed by atoms with Gasteiger partial charge in [0.25, 0.3) is 5.91 Å². The van der Waals surface area contributed by atoms with Gasteiger partial charge < -0.3 is 9.32 Å². The zero-order valence-electron chi connectivity index (χ0n) is 14.6. The van der Waals surface area contributed by atoms with Crippen LogP contribution in [0.15, 0.2) is 35.4 Å². The Morgan fingerprint density at radius 2 is 2.22 bits per heavy atom. The van der Waals surface area contributed by atoms with Crippen LogP contribution in [0.2, 0.25) is 0 Å². The van der Waals surface area contributed by atoms with E-state index in [0.29, 0.717) is 31.1 Å². The summed E-state index contributed by atoms with van der Waals surface area (Å²) in [6.45, 7) is 1.76. The Kier molecular flexibility index (Phi) is 3.77. The highest BCUT2D eigenvalue weighted by Gasteiger charge is 2.32. The Morgan fingerprint density at radius 3 is 2.96 bits per heavy atom. The van der Waals surface area contributed by atoms with Crippen molar-refractivity contribution in [2.24, 2.45) is 5.92 Å². The van der Waals surface area contributed by atoms with Crippen molar-refractivity contribution in [1.82, 2.24) is 24.6 Å². The number of carbonyl (C=O) groups is 1. The third-order valence-electron chi connectivity index (χ3n) is 5.19. The molecule has 0 bridgehead atoms. The van der Waals surface area contributed by atoms with E-state index in [-0.39, 0.29) is 5.69 Å². The maximum atomic E-state index is 14.0. The molecule has 8 heteroatoms. The second-order valence-corrected chi connectivity index (χ2v) is 7.08. The fraction of sp³-hybridized carbons (Fsp3) is 0.368. The summed E-state index contributed by atoms with van der Waals surface area (Å²) in [5.74, 6) is -0.323. The van der Waals surface area contributed by atoms with E-state index in [9.17, 15) is 9.18 Å². The Morgan fingerprint density at radius 1 is 1.33 bits per heavy atom. The highest BCUT2D eigenvalue weighted by atomic mass is 19.1. The molecule has 2 aliphatic rings. The molecule has 3 aromatic rings. The van der Waals surface area contributed by atoms with E-state index < -0.39 is 11.7 Å². The Bertz CT molecular complexity index is 994. The molecule has 0 unspecified atom stereocenters. The van der Waals surface area contributed by atoms with Crippen molar-refractivity contribution < 1.29 is 13.6 Å². The zero-order chi connectivity index (χ0) is 18.4. The van der Waals surface area contributed by atoms with Crippen molar-refractivity contribution in [2.45, 2.75) is 32.4 Å². The van der Waals surface area contributed by atoms with Crippen LogP contribution < -0.4 is 0 Å². The van der Waals surface area contributed by atoms with Crippen LogP contribution in [0.25, 0.3) is 11.4 Å². The second-order valence-electron chi connectivity index (χ2n) is 7.08. The summed E-state index contributed by atoms with van der Waals surface area (Å²) in [6, 6.07) is 2.73.